The summed E-state index contributed by atoms with van der Waals surface area (Å²) in [4.78, 5) is 2.26. The molecule has 1 saturated heterocycles. The van der Waals surface area contributed by atoms with Crippen molar-refractivity contribution in [2.45, 2.75) is 25.5 Å². The molecule has 0 N–H and O–H groups in total. The van der Waals surface area contributed by atoms with Crippen molar-refractivity contribution in [3.63, 3.8) is 0 Å². The van der Waals surface area contributed by atoms with Crippen molar-refractivity contribution in [1.82, 2.24) is 4.90 Å². The Morgan fingerprint density at radius 1 is 1.29 bits per heavy atom. The molecule has 1 atom stereocenters. The highest BCUT2D eigenvalue weighted by Gasteiger charge is 2.22. The van der Waals surface area contributed by atoms with Crippen LogP contribution in [0.3, 0.4) is 0 Å². The number of benzene rings is 1. The fraction of sp³-hybridized carbons (Fsp3) is 0.500. The van der Waals surface area contributed by atoms with E-state index in [9.17, 15) is 5.26 Å². The zero-order valence-electron chi connectivity index (χ0n) is 10.2. The van der Waals surface area contributed by atoms with Gasteiger partial charge in [0.2, 0.25) is 0 Å². The van der Waals surface area contributed by atoms with Crippen LogP contribution < -0.4 is 0 Å². The van der Waals surface area contributed by atoms with Crippen LogP contribution in [0.2, 0.25) is 0 Å². The van der Waals surface area contributed by atoms with Crippen molar-refractivity contribution in [3.8, 4) is 6.07 Å². The first-order chi connectivity index (χ1) is 8.35. The van der Waals surface area contributed by atoms with E-state index in [1.807, 2.05) is 24.3 Å². The summed E-state index contributed by atoms with van der Waals surface area (Å²) < 4.78 is 5.08. The average Bonchev–Trinajstić information content (AvgIpc) is 2.86. The van der Waals surface area contributed by atoms with Crippen LogP contribution in [0.15, 0.2) is 24.3 Å². The zero-order chi connectivity index (χ0) is 12.1. The third-order valence-corrected chi connectivity index (χ3v) is 3.23. The number of likely N-dealkylation sites (tertiary alicyclic amines) is 1. The molecule has 2 rings (SSSR count). The second kappa shape index (κ2) is 5.81. The molecule has 3 nitrogen and oxygen atoms in total. The highest BCUT2D eigenvalue weighted by Crippen LogP contribution is 2.24. The molecule has 1 fully saturated rings. The van der Waals surface area contributed by atoms with Gasteiger partial charge in [0.25, 0.3) is 0 Å². The van der Waals surface area contributed by atoms with Gasteiger partial charge in [-0.2, -0.15) is 5.26 Å². The van der Waals surface area contributed by atoms with Gasteiger partial charge in [-0.05, 0) is 37.1 Å². The van der Waals surface area contributed by atoms with Gasteiger partial charge in [-0.3, -0.25) is 4.90 Å². The Balaban J connectivity index is 2.11. The smallest absolute Gasteiger partial charge is 0.123 e. The van der Waals surface area contributed by atoms with E-state index in [1.165, 1.54) is 12.8 Å². The lowest BCUT2D eigenvalue weighted by Crippen LogP contribution is -2.24. The van der Waals surface area contributed by atoms with Gasteiger partial charge < -0.3 is 4.74 Å². The Morgan fingerprint density at radius 2 is 1.94 bits per heavy atom. The minimum absolute atomic E-state index is 0.0888. The number of hydrogen-bond acceptors (Lipinski definition) is 3. The molecule has 1 aliphatic rings. The molecular weight excluding hydrogens is 212 g/mol. The molecule has 0 amide bonds. The quantitative estimate of drug-likeness (QED) is 0.797. The monoisotopic (exact) mass is 230 g/mol. The summed E-state index contributed by atoms with van der Waals surface area (Å²) in [5, 5.41) is 9.30. The van der Waals surface area contributed by atoms with Crippen LogP contribution in [-0.2, 0) is 11.3 Å². The standard InChI is InChI=1S/C14H18N2O/c1-17-11-12-4-6-13(7-5-12)14(10-15)16-8-2-3-9-16/h4-7,14H,2-3,8-9,11H2,1H3. The summed E-state index contributed by atoms with van der Waals surface area (Å²) in [6, 6.07) is 10.5. The van der Waals surface area contributed by atoms with Crippen molar-refractivity contribution in [2.75, 3.05) is 20.2 Å². The average molecular weight is 230 g/mol. The van der Waals surface area contributed by atoms with Crippen molar-refractivity contribution in [2.24, 2.45) is 0 Å². The normalized spacial score (nSPS) is 17.9. The van der Waals surface area contributed by atoms with Gasteiger partial charge in [-0.25, -0.2) is 0 Å². The van der Waals surface area contributed by atoms with E-state index in [4.69, 9.17) is 4.74 Å². The van der Waals surface area contributed by atoms with Crippen LogP contribution in [0.1, 0.15) is 30.0 Å². The fourth-order valence-electron chi connectivity index (χ4n) is 2.33. The zero-order valence-corrected chi connectivity index (χ0v) is 10.2. The molecule has 1 aliphatic heterocycles. The van der Waals surface area contributed by atoms with E-state index in [0.717, 1.165) is 24.2 Å². The van der Waals surface area contributed by atoms with E-state index in [1.54, 1.807) is 7.11 Å². The van der Waals surface area contributed by atoms with E-state index in [-0.39, 0.29) is 6.04 Å². The number of nitrogens with zero attached hydrogens (tertiary/aromatic N) is 2. The summed E-state index contributed by atoms with van der Waals surface area (Å²) in [7, 11) is 1.69. The Hall–Kier alpha value is -1.37. The largest absolute Gasteiger partial charge is 0.380 e. The number of nitriles is 1. The summed E-state index contributed by atoms with van der Waals surface area (Å²) in [6.45, 7) is 2.71. The third kappa shape index (κ3) is 2.85. The van der Waals surface area contributed by atoms with Crippen LogP contribution in [-0.4, -0.2) is 25.1 Å². The van der Waals surface area contributed by atoms with Gasteiger partial charge in [0.1, 0.15) is 6.04 Å². The van der Waals surface area contributed by atoms with Crippen LogP contribution in [0.4, 0.5) is 0 Å². The maximum absolute atomic E-state index is 9.30. The molecule has 1 heterocycles. The Bertz CT molecular complexity index is 388. The Morgan fingerprint density at radius 3 is 2.47 bits per heavy atom. The van der Waals surface area contributed by atoms with Crippen LogP contribution in [0, 0.1) is 11.3 Å². The maximum atomic E-state index is 9.30. The molecule has 17 heavy (non-hydrogen) atoms. The molecule has 90 valence electrons. The molecule has 0 saturated carbocycles. The van der Waals surface area contributed by atoms with Crippen molar-refractivity contribution in [1.29, 1.82) is 5.26 Å². The van der Waals surface area contributed by atoms with Crippen LogP contribution >= 0.6 is 0 Å². The molecule has 0 radical (unpaired) electrons. The number of methoxy groups -OCH3 is 1. The van der Waals surface area contributed by atoms with E-state index in [0.29, 0.717) is 6.61 Å². The van der Waals surface area contributed by atoms with E-state index < -0.39 is 0 Å². The molecule has 0 bridgehead atoms. The highest BCUT2D eigenvalue weighted by molar-refractivity contribution is 5.28. The van der Waals surface area contributed by atoms with Gasteiger partial charge in [-0.15, -0.1) is 0 Å². The summed E-state index contributed by atoms with van der Waals surface area (Å²) >= 11 is 0. The first kappa shape index (κ1) is 12.1. The molecule has 1 aromatic rings. The van der Waals surface area contributed by atoms with Crippen LogP contribution in [0.25, 0.3) is 0 Å². The minimum Gasteiger partial charge on any atom is -0.380 e. The second-order valence-corrected chi connectivity index (χ2v) is 4.45. The van der Waals surface area contributed by atoms with Gasteiger partial charge >= 0.3 is 0 Å². The predicted molar refractivity (Wildman–Crippen MR) is 66.3 cm³/mol. The molecule has 1 unspecified atom stereocenters. The van der Waals surface area contributed by atoms with Gasteiger partial charge in [-0.1, -0.05) is 24.3 Å². The molecule has 3 heteroatoms. The molecular formula is C14H18N2O. The molecule has 0 aliphatic carbocycles. The van der Waals surface area contributed by atoms with E-state index in [2.05, 4.69) is 11.0 Å². The van der Waals surface area contributed by atoms with Gasteiger partial charge in [0.05, 0.1) is 12.7 Å². The minimum atomic E-state index is -0.0888. The predicted octanol–water partition coefficient (Wildman–Crippen LogP) is 2.49. The lowest BCUT2D eigenvalue weighted by molar-refractivity contribution is 0.185. The Labute approximate surface area is 103 Å². The number of hydrogen-bond donors (Lipinski definition) is 0. The van der Waals surface area contributed by atoms with Gasteiger partial charge in [0, 0.05) is 7.11 Å². The lowest BCUT2D eigenvalue weighted by Gasteiger charge is -2.21. The lowest BCUT2D eigenvalue weighted by atomic mass is 10.0. The number of ether oxygens (including phenoxy) is 1. The van der Waals surface area contributed by atoms with Crippen molar-refractivity contribution in [3.05, 3.63) is 35.4 Å². The number of rotatable bonds is 4. The SMILES string of the molecule is COCc1ccc(C(C#N)N2CCCC2)cc1. The summed E-state index contributed by atoms with van der Waals surface area (Å²) in [6.07, 6.45) is 2.42. The summed E-state index contributed by atoms with van der Waals surface area (Å²) in [5.74, 6) is 0. The Kier molecular flexibility index (Phi) is 4.13. The molecule has 0 aromatic heterocycles. The summed E-state index contributed by atoms with van der Waals surface area (Å²) in [5.41, 5.74) is 2.24. The van der Waals surface area contributed by atoms with Crippen LogP contribution in [0.5, 0.6) is 0 Å². The highest BCUT2D eigenvalue weighted by atomic mass is 16.5. The second-order valence-electron chi connectivity index (χ2n) is 4.45. The van der Waals surface area contributed by atoms with Crippen molar-refractivity contribution >= 4 is 0 Å². The first-order valence-electron chi connectivity index (χ1n) is 6.06. The maximum Gasteiger partial charge on any atom is 0.123 e. The fourth-order valence-corrected chi connectivity index (χ4v) is 2.33. The van der Waals surface area contributed by atoms with Crippen molar-refractivity contribution < 1.29 is 4.74 Å². The van der Waals surface area contributed by atoms with E-state index >= 15 is 0 Å². The molecule has 0 spiro atoms. The van der Waals surface area contributed by atoms with Gasteiger partial charge in [0.15, 0.2) is 0 Å². The molecule has 1 aromatic carbocycles. The third-order valence-electron chi connectivity index (χ3n) is 3.23. The first-order valence-corrected chi connectivity index (χ1v) is 6.06. The topological polar surface area (TPSA) is 36.3 Å².